The minimum absolute atomic E-state index is 0.0461. The summed E-state index contributed by atoms with van der Waals surface area (Å²) in [5.74, 6) is 0.107. The second-order valence-corrected chi connectivity index (χ2v) is 4.26. The zero-order valence-electron chi connectivity index (χ0n) is 9.51. The average molecular weight is 224 g/mol. The maximum Gasteiger partial charge on any atom is 0.333 e. The first-order chi connectivity index (χ1) is 7.58. The normalized spacial score (nSPS) is 24.9. The molecule has 5 heteroatoms. The van der Waals surface area contributed by atoms with Crippen molar-refractivity contribution in [1.29, 1.82) is 0 Å². The molecule has 0 bridgehead atoms. The number of carboxylic acid groups (broad SMARTS) is 1. The molecule has 1 aromatic heterocycles. The van der Waals surface area contributed by atoms with Gasteiger partial charge in [0.1, 0.15) is 5.82 Å². The van der Waals surface area contributed by atoms with E-state index in [0.717, 1.165) is 17.9 Å². The van der Waals surface area contributed by atoms with Gasteiger partial charge in [0, 0.05) is 25.3 Å². The Morgan fingerprint density at radius 2 is 2.44 bits per heavy atom. The van der Waals surface area contributed by atoms with Crippen molar-refractivity contribution >= 4 is 5.97 Å². The van der Waals surface area contributed by atoms with Crippen LogP contribution >= 0.6 is 0 Å². The van der Waals surface area contributed by atoms with Crippen LogP contribution in [0.3, 0.4) is 0 Å². The summed E-state index contributed by atoms with van der Waals surface area (Å²) in [5, 5.41) is 8.99. The SMILES string of the molecule is Cc1cn(CC2CCOC2C(=O)O)c(C)n1. The van der Waals surface area contributed by atoms with Gasteiger partial charge >= 0.3 is 5.97 Å². The van der Waals surface area contributed by atoms with Gasteiger partial charge in [-0.3, -0.25) is 0 Å². The number of ether oxygens (including phenoxy) is 1. The van der Waals surface area contributed by atoms with Gasteiger partial charge in [0.2, 0.25) is 0 Å². The van der Waals surface area contributed by atoms with Gasteiger partial charge in [-0.25, -0.2) is 9.78 Å². The molecule has 1 aromatic rings. The van der Waals surface area contributed by atoms with Crippen molar-refractivity contribution in [2.45, 2.75) is 32.9 Å². The minimum Gasteiger partial charge on any atom is -0.479 e. The maximum atomic E-state index is 10.9. The monoisotopic (exact) mass is 224 g/mol. The zero-order valence-corrected chi connectivity index (χ0v) is 9.51. The number of rotatable bonds is 3. The Labute approximate surface area is 94.1 Å². The van der Waals surface area contributed by atoms with Crippen LogP contribution in [0.15, 0.2) is 6.20 Å². The standard InChI is InChI=1S/C11H16N2O3/c1-7-5-13(8(2)12-7)6-9-3-4-16-10(9)11(14)15/h5,9-10H,3-4,6H2,1-2H3,(H,14,15). The number of aryl methyl sites for hydroxylation is 2. The Morgan fingerprint density at radius 3 is 3.00 bits per heavy atom. The van der Waals surface area contributed by atoms with Crippen LogP contribution in [0.4, 0.5) is 0 Å². The molecule has 0 amide bonds. The molecule has 1 N–H and O–H groups in total. The Bertz CT molecular complexity index is 400. The van der Waals surface area contributed by atoms with Crippen molar-refractivity contribution in [2.24, 2.45) is 5.92 Å². The van der Waals surface area contributed by atoms with Crippen molar-refractivity contribution in [2.75, 3.05) is 6.61 Å². The van der Waals surface area contributed by atoms with Gasteiger partial charge in [-0.15, -0.1) is 0 Å². The smallest absolute Gasteiger partial charge is 0.333 e. The van der Waals surface area contributed by atoms with Crippen molar-refractivity contribution in [3.8, 4) is 0 Å². The predicted octanol–water partition coefficient (Wildman–Crippen LogP) is 0.990. The van der Waals surface area contributed by atoms with Gasteiger partial charge < -0.3 is 14.4 Å². The van der Waals surface area contributed by atoms with Crippen LogP contribution in [-0.2, 0) is 16.1 Å². The van der Waals surface area contributed by atoms with Crippen LogP contribution < -0.4 is 0 Å². The first-order valence-electron chi connectivity index (χ1n) is 5.42. The molecule has 1 saturated heterocycles. The lowest BCUT2D eigenvalue weighted by Gasteiger charge is -2.15. The largest absolute Gasteiger partial charge is 0.479 e. The van der Waals surface area contributed by atoms with Crippen LogP contribution in [0.2, 0.25) is 0 Å². The summed E-state index contributed by atoms with van der Waals surface area (Å²) >= 11 is 0. The predicted molar refractivity (Wildman–Crippen MR) is 57.2 cm³/mol. The average Bonchev–Trinajstić information content (AvgIpc) is 2.75. The molecular weight excluding hydrogens is 208 g/mol. The van der Waals surface area contributed by atoms with Gasteiger partial charge in [0.25, 0.3) is 0 Å². The second-order valence-electron chi connectivity index (χ2n) is 4.26. The quantitative estimate of drug-likeness (QED) is 0.831. The summed E-state index contributed by atoms with van der Waals surface area (Å²) in [5.41, 5.74) is 0.961. The van der Waals surface area contributed by atoms with Gasteiger partial charge in [0.15, 0.2) is 6.10 Å². The molecular formula is C11H16N2O3. The number of aromatic nitrogens is 2. The lowest BCUT2D eigenvalue weighted by atomic mass is 10.0. The number of hydrogen-bond acceptors (Lipinski definition) is 3. The van der Waals surface area contributed by atoms with Gasteiger partial charge in [-0.1, -0.05) is 0 Å². The van der Waals surface area contributed by atoms with E-state index in [0.29, 0.717) is 13.2 Å². The van der Waals surface area contributed by atoms with E-state index < -0.39 is 12.1 Å². The van der Waals surface area contributed by atoms with Crippen LogP contribution in [0.5, 0.6) is 0 Å². The lowest BCUT2D eigenvalue weighted by molar-refractivity contribution is -0.149. The molecule has 5 nitrogen and oxygen atoms in total. The minimum atomic E-state index is -0.864. The van der Waals surface area contributed by atoms with Crippen molar-refractivity contribution in [3.63, 3.8) is 0 Å². The van der Waals surface area contributed by atoms with Crippen LogP contribution in [0.25, 0.3) is 0 Å². The maximum absolute atomic E-state index is 10.9. The van der Waals surface area contributed by atoms with E-state index in [-0.39, 0.29) is 5.92 Å². The third kappa shape index (κ3) is 2.09. The van der Waals surface area contributed by atoms with Gasteiger partial charge in [-0.2, -0.15) is 0 Å². The van der Waals surface area contributed by atoms with Crippen molar-refractivity contribution < 1.29 is 14.6 Å². The Balaban J connectivity index is 2.09. The molecule has 88 valence electrons. The van der Waals surface area contributed by atoms with E-state index in [2.05, 4.69) is 4.98 Å². The fraction of sp³-hybridized carbons (Fsp3) is 0.636. The van der Waals surface area contributed by atoms with E-state index >= 15 is 0 Å². The Hall–Kier alpha value is -1.36. The summed E-state index contributed by atoms with van der Waals surface area (Å²) in [6.07, 6.45) is 2.09. The summed E-state index contributed by atoms with van der Waals surface area (Å²) in [6.45, 7) is 5.07. The molecule has 2 rings (SSSR count). The fourth-order valence-corrected chi connectivity index (χ4v) is 2.20. The van der Waals surface area contributed by atoms with E-state index in [4.69, 9.17) is 9.84 Å². The first kappa shape index (κ1) is 11.1. The molecule has 0 aromatic carbocycles. The molecule has 1 fully saturated rings. The van der Waals surface area contributed by atoms with Crippen LogP contribution in [-0.4, -0.2) is 33.3 Å². The number of imidazole rings is 1. The topological polar surface area (TPSA) is 64.3 Å². The summed E-state index contributed by atoms with van der Waals surface area (Å²) in [7, 11) is 0. The highest BCUT2D eigenvalue weighted by Crippen LogP contribution is 2.23. The molecule has 2 heterocycles. The van der Waals surface area contributed by atoms with Crippen molar-refractivity contribution in [1.82, 2.24) is 9.55 Å². The molecule has 1 aliphatic rings. The van der Waals surface area contributed by atoms with E-state index in [1.807, 2.05) is 24.6 Å². The Kier molecular flexibility index (Phi) is 2.96. The second kappa shape index (κ2) is 4.25. The molecule has 0 spiro atoms. The van der Waals surface area contributed by atoms with E-state index in [1.54, 1.807) is 0 Å². The van der Waals surface area contributed by atoms with E-state index in [9.17, 15) is 4.79 Å². The van der Waals surface area contributed by atoms with Crippen LogP contribution in [0, 0.1) is 19.8 Å². The number of carbonyl (C=O) groups is 1. The highest BCUT2D eigenvalue weighted by Gasteiger charge is 2.34. The molecule has 0 saturated carbocycles. The van der Waals surface area contributed by atoms with Crippen molar-refractivity contribution in [3.05, 3.63) is 17.7 Å². The number of aliphatic carboxylic acids is 1. The van der Waals surface area contributed by atoms with Gasteiger partial charge in [-0.05, 0) is 20.3 Å². The lowest BCUT2D eigenvalue weighted by Crippen LogP contribution is -2.29. The number of hydrogen-bond donors (Lipinski definition) is 1. The molecule has 16 heavy (non-hydrogen) atoms. The van der Waals surface area contributed by atoms with Gasteiger partial charge in [0.05, 0.1) is 5.69 Å². The number of carboxylic acids is 1. The summed E-state index contributed by atoms with van der Waals surface area (Å²) < 4.78 is 7.22. The number of nitrogens with zero attached hydrogens (tertiary/aromatic N) is 2. The van der Waals surface area contributed by atoms with Crippen LogP contribution in [0.1, 0.15) is 17.9 Å². The molecule has 0 aliphatic carbocycles. The molecule has 0 radical (unpaired) electrons. The third-order valence-corrected chi connectivity index (χ3v) is 2.99. The third-order valence-electron chi connectivity index (χ3n) is 2.99. The molecule has 1 aliphatic heterocycles. The highest BCUT2D eigenvalue weighted by molar-refractivity contribution is 5.73. The summed E-state index contributed by atoms with van der Waals surface area (Å²) in [6, 6.07) is 0. The Morgan fingerprint density at radius 1 is 1.69 bits per heavy atom. The van der Waals surface area contributed by atoms with E-state index in [1.165, 1.54) is 0 Å². The first-order valence-corrected chi connectivity index (χ1v) is 5.42. The zero-order chi connectivity index (χ0) is 11.7. The molecule has 2 unspecified atom stereocenters. The highest BCUT2D eigenvalue weighted by atomic mass is 16.5. The summed E-state index contributed by atoms with van der Waals surface area (Å²) in [4.78, 5) is 15.2. The fourth-order valence-electron chi connectivity index (χ4n) is 2.20. The molecule has 2 atom stereocenters.